The summed E-state index contributed by atoms with van der Waals surface area (Å²) in [6.07, 6.45) is 1.19. The molecular formula is C21H24N2O2. The molecule has 0 bridgehead atoms. The number of carbonyl (C=O) groups excluding carboxylic acids is 2. The van der Waals surface area contributed by atoms with Crippen LogP contribution in [0, 0.1) is 19.3 Å². The van der Waals surface area contributed by atoms with Crippen molar-refractivity contribution in [1.29, 1.82) is 0 Å². The smallest absolute Gasteiger partial charge is 0.240 e. The Morgan fingerprint density at radius 2 is 1.56 bits per heavy atom. The standard InChI is InChI=1S/C21H24N2O2/c1-14-11-15(2)13-18(12-14)23-20(25)21(9-10-21)19(24)22-16(3)17-7-5-4-6-8-17/h4-8,11-13,16H,9-10H2,1-3H3,(H,22,24)(H,23,25). The Morgan fingerprint density at radius 3 is 2.12 bits per heavy atom. The van der Waals surface area contributed by atoms with Crippen LogP contribution in [0.1, 0.15) is 42.5 Å². The first-order valence-electron chi connectivity index (χ1n) is 8.66. The van der Waals surface area contributed by atoms with Crippen molar-refractivity contribution < 1.29 is 9.59 Å². The maximum Gasteiger partial charge on any atom is 0.240 e. The van der Waals surface area contributed by atoms with E-state index in [1.807, 2.05) is 63.2 Å². The second-order valence-electron chi connectivity index (χ2n) is 7.02. The highest BCUT2D eigenvalue weighted by Crippen LogP contribution is 2.47. The SMILES string of the molecule is Cc1cc(C)cc(NC(=O)C2(C(=O)NC(C)c3ccccc3)CC2)c1. The minimum absolute atomic E-state index is 0.125. The fourth-order valence-corrected chi connectivity index (χ4v) is 3.14. The molecule has 2 aromatic rings. The first-order chi connectivity index (χ1) is 11.9. The summed E-state index contributed by atoms with van der Waals surface area (Å²) in [5, 5.41) is 5.91. The van der Waals surface area contributed by atoms with Gasteiger partial charge in [-0.2, -0.15) is 0 Å². The highest BCUT2D eigenvalue weighted by Gasteiger charge is 2.56. The van der Waals surface area contributed by atoms with Crippen molar-refractivity contribution in [2.24, 2.45) is 5.41 Å². The molecule has 0 aliphatic heterocycles. The molecule has 0 heterocycles. The molecule has 2 N–H and O–H groups in total. The van der Waals surface area contributed by atoms with Crippen molar-refractivity contribution in [2.75, 3.05) is 5.32 Å². The molecule has 4 nitrogen and oxygen atoms in total. The number of rotatable bonds is 5. The predicted molar refractivity (Wildman–Crippen MR) is 99.2 cm³/mol. The molecule has 25 heavy (non-hydrogen) atoms. The molecule has 1 saturated carbocycles. The highest BCUT2D eigenvalue weighted by molar-refractivity contribution is 6.13. The lowest BCUT2D eigenvalue weighted by atomic mass is 10.0. The minimum Gasteiger partial charge on any atom is -0.349 e. The van der Waals surface area contributed by atoms with Gasteiger partial charge in [0.25, 0.3) is 0 Å². The Kier molecular flexibility index (Phi) is 4.62. The lowest BCUT2D eigenvalue weighted by Gasteiger charge is -2.20. The summed E-state index contributed by atoms with van der Waals surface area (Å²) in [4.78, 5) is 25.4. The van der Waals surface area contributed by atoms with E-state index in [2.05, 4.69) is 16.7 Å². The summed E-state index contributed by atoms with van der Waals surface area (Å²) in [7, 11) is 0. The fraction of sp³-hybridized carbons (Fsp3) is 0.333. The van der Waals surface area contributed by atoms with Crippen LogP contribution in [-0.2, 0) is 9.59 Å². The van der Waals surface area contributed by atoms with E-state index in [1.165, 1.54) is 0 Å². The molecule has 0 spiro atoms. The van der Waals surface area contributed by atoms with Crippen LogP contribution in [0.4, 0.5) is 5.69 Å². The Balaban J connectivity index is 1.68. The first kappa shape index (κ1) is 17.2. The summed E-state index contributed by atoms with van der Waals surface area (Å²) in [6, 6.07) is 15.5. The third kappa shape index (κ3) is 3.73. The zero-order valence-electron chi connectivity index (χ0n) is 14.9. The lowest BCUT2D eigenvalue weighted by Crippen LogP contribution is -2.41. The maximum atomic E-state index is 12.7. The van der Waals surface area contributed by atoms with Gasteiger partial charge in [0.05, 0.1) is 6.04 Å². The van der Waals surface area contributed by atoms with Gasteiger partial charge in [-0.15, -0.1) is 0 Å². The summed E-state index contributed by atoms with van der Waals surface area (Å²) in [6.45, 7) is 5.92. The highest BCUT2D eigenvalue weighted by atomic mass is 16.2. The number of aryl methyl sites for hydroxylation is 2. The van der Waals surface area contributed by atoms with E-state index < -0.39 is 5.41 Å². The van der Waals surface area contributed by atoms with Crippen LogP contribution in [0.2, 0.25) is 0 Å². The predicted octanol–water partition coefficient (Wildman–Crippen LogP) is 3.90. The average molecular weight is 336 g/mol. The Morgan fingerprint density at radius 1 is 0.960 bits per heavy atom. The average Bonchev–Trinajstić information content (AvgIpc) is 3.36. The molecule has 1 aliphatic carbocycles. The number of anilines is 1. The quantitative estimate of drug-likeness (QED) is 0.814. The monoisotopic (exact) mass is 336 g/mol. The normalized spacial score (nSPS) is 16.0. The van der Waals surface area contributed by atoms with Gasteiger partial charge in [0, 0.05) is 5.69 Å². The van der Waals surface area contributed by atoms with Gasteiger partial charge in [-0.05, 0) is 62.4 Å². The van der Waals surface area contributed by atoms with Gasteiger partial charge in [-0.3, -0.25) is 9.59 Å². The summed E-state index contributed by atoms with van der Waals surface area (Å²) >= 11 is 0. The lowest BCUT2D eigenvalue weighted by molar-refractivity contribution is -0.134. The molecule has 2 aromatic carbocycles. The van der Waals surface area contributed by atoms with Crippen LogP contribution in [0.25, 0.3) is 0 Å². The van der Waals surface area contributed by atoms with Gasteiger partial charge in [0.15, 0.2) is 0 Å². The summed E-state index contributed by atoms with van der Waals surface area (Å²) < 4.78 is 0. The van der Waals surface area contributed by atoms with Crippen molar-refractivity contribution in [3.8, 4) is 0 Å². The zero-order valence-corrected chi connectivity index (χ0v) is 14.9. The van der Waals surface area contributed by atoms with E-state index >= 15 is 0 Å². The fourth-order valence-electron chi connectivity index (χ4n) is 3.14. The molecule has 1 unspecified atom stereocenters. The first-order valence-corrected chi connectivity index (χ1v) is 8.66. The molecule has 1 atom stereocenters. The van der Waals surface area contributed by atoms with Gasteiger partial charge in [0.1, 0.15) is 5.41 Å². The van der Waals surface area contributed by atoms with Crippen LogP contribution in [0.15, 0.2) is 48.5 Å². The molecule has 1 fully saturated rings. The topological polar surface area (TPSA) is 58.2 Å². The molecule has 1 aliphatic rings. The van der Waals surface area contributed by atoms with E-state index in [0.29, 0.717) is 12.8 Å². The molecule has 0 aromatic heterocycles. The molecule has 0 saturated heterocycles. The zero-order chi connectivity index (χ0) is 18.0. The van der Waals surface area contributed by atoms with Crippen LogP contribution in [0.3, 0.4) is 0 Å². The molecule has 130 valence electrons. The van der Waals surface area contributed by atoms with Gasteiger partial charge in [-0.25, -0.2) is 0 Å². The number of carbonyl (C=O) groups is 2. The molecular weight excluding hydrogens is 312 g/mol. The Labute approximate surface area is 148 Å². The van der Waals surface area contributed by atoms with Gasteiger partial charge in [-0.1, -0.05) is 36.4 Å². The molecule has 0 radical (unpaired) electrons. The number of benzene rings is 2. The largest absolute Gasteiger partial charge is 0.349 e. The van der Waals surface area contributed by atoms with Gasteiger partial charge >= 0.3 is 0 Å². The van der Waals surface area contributed by atoms with E-state index in [1.54, 1.807) is 0 Å². The van der Waals surface area contributed by atoms with Crippen molar-refractivity contribution in [3.63, 3.8) is 0 Å². The maximum absolute atomic E-state index is 12.7. The Hall–Kier alpha value is -2.62. The van der Waals surface area contributed by atoms with Crippen molar-refractivity contribution in [3.05, 3.63) is 65.2 Å². The van der Waals surface area contributed by atoms with Crippen LogP contribution in [-0.4, -0.2) is 11.8 Å². The van der Waals surface area contributed by atoms with E-state index in [9.17, 15) is 9.59 Å². The third-order valence-electron chi connectivity index (χ3n) is 4.75. The number of amides is 2. The molecule has 2 amide bonds. The van der Waals surface area contributed by atoms with Crippen molar-refractivity contribution in [1.82, 2.24) is 5.32 Å². The Bertz CT molecular complexity index is 775. The second kappa shape index (κ2) is 6.71. The summed E-state index contributed by atoms with van der Waals surface area (Å²) in [5.74, 6) is -0.402. The molecule has 4 heteroatoms. The number of nitrogens with one attached hydrogen (secondary N) is 2. The van der Waals surface area contributed by atoms with Gasteiger partial charge in [0.2, 0.25) is 11.8 Å². The van der Waals surface area contributed by atoms with Crippen LogP contribution >= 0.6 is 0 Å². The second-order valence-corrected chi connectivity index (χ2v) is 7.02. The van der Waals surface area contributed by atoms with Crippen LogP contribution < -0.4 is 10.6 Å². The van der Waals surface area contributed by atoms with Gasteiger partial charge < -0.3 is 10.6 Å². The van der Waals surface area contributed by atoms with Crippen molar-refractivity contribution in [2.45, 2.75) is 39.7 Å². The number of hydrogen-bond donors (Lipinski definition) is 2. The molecule has 3 rings (SSSR count). The van der Waals surface area contributed by atoms with Crippen molar-refractivity contribution >= 4 is 17.5 Å². The van der Waals surface area contributed by atoms with E-state index in [4.69, 9.17) is 0 Å². The third-order valence-corrected chi connectivity index (χ3v) is 4.75. The number of hydrogen-bond acceptors (Lipinski definition) is 2. The summed E-state index contributed by atoms with van der Waals surface area (Å²) in [5.41, 5.74) is 3.02. The van der Waals surface area contributed by atoms with Crippen LogP contribution in [0.5, 0.6) is 0 Å². The van der Waals surface area contributed by atoms with E-state index in [-0.39, 0.29) is 17.9 Å². The van der Waals surface area contributed by atoms with E-state index in [0.717, 1.165) is 22.4 Å². The minimum atomic E-state index is -0.930.